The molecule has 0 spiro atoms. The third kappa shape index (κ3) is 2.05. The van der Waals surface area contributed by atoms with Gasteiger partial charge in [-0.25, -0.2) is 4.98 Å². The summed E-state index contributed by atoms with van der Waals surface area (Å²) in [5.41, 5.74) is 0.598. The van der Waals surface area contributed by atoms with Gasteiger partial charge in [-0.2, -0.15) is 5.10 Å². The van der Waals surface area contributed by atoms with Crippen molar-refractivity contribution >= 4 is 11.3 Å². The van der Waals surface area contributed by atoms with Crippen LogP contribution < -0.4 is 0 Å². The SMILES string of the molecule is COCc1cc(-c2n[nH]c(-c3cccs3)n2)no1. The Balaban J connectivity index is 1.88. The molecule has 18 heavy (non-hydrogen) atoms. The number of aromatic nitrogens is 4. The van der Waals surface area contributed by atoms with E-state index < -0.39 is 0 Å². The van der Waals surface area contributed by atoms with Crippen molar-refractivity contribution in [3.63, 3.8) is 0 Å². The Morgan fingerprint density at radius 3 is 3.22 bits per heavy atom. The largest absolute Gasteiger partial charge is 0.377 e. The van der Waals surface area contributed by atoms with E-state index in [0.717, 1.165) is 10.7 Å². The summed E-state index contributed by atoms with van der Waals surface area (Å²) in [5, 5.41) is 12.9. The molecule has 0 bridgehead atoms. The third-order valence-electron chi connectivity index (χ3n) is 2.31. The maximum absolute atomic E-state index is 5.09. The van der Waals surface area contributed by atoms with E-state index in [4.69, 9.17) is 9.26 Å². The van der Waals surface area contributed by atoms with E-state index in [9.17, 15) is 0 Å². The first-order valence-electron chi connectivity index (χ1n) is 5.28. The summed E-state index contributed by atoms with van der Waals surface area (Å²) >= 11 is 1.60. The number of ether oxygens (including phenoxy) is 1. The average Bonchev–Trinajstić information content (AvgIpc) is 3.10. The average molecular weight is 262 g/mol. The van der Waals surface area contributed by atoms with Crippen LogP contribution in [0.25, 0.3) is 22.2 Å². The Labute approximate surface area is 107 Å². The van der Waals surface area contributed by atoms with Crippen LogP contribution in [0.5, 0.6) is 0 Å². The molecule has 6 nitrogen and oxygen atoms in total. The number of aromatic amines is 1. The quantitative estimate of drug-likeness (QED) is 0.780. The molecule has 3 heterocycles. The van der Waals surface area contributed by atoms with E-state index in [-0.39, 0.29) is 0 Å². The van der Waals surface area contributed by atoms with Crippen LogP contribution in [-0.4, -0.2) is 27.4 Å². The highest BCUT2D eigenvalue weighted by atomic mass is 32.1. The number of rotatable bonds is 4. The lowest BCUT2D eigenvalue weighted by atomic mass is 10.3. The van der Waals surface area contributed by atoms with Crippen molar-refractivity contribution in [1.29, 1.82) is 0 Å². The predicted octanol–water partition coefficient (Wildman–Crippen LogP) is 2.33. The molecular weight excluding hydrogens is 252 g/mol. The number of hydrogen-bond donors (Lipinski definition) is 1. The Kier molecular flexibility index (Phi) is 2.91. The van der Waals surface area contributed by atoms with E-state index in [0.29, 0.717) is 23.9 Å². The zero-order chi connectivity index (χ0) is 12.4. The number of hydrogen-bond acceptors (Lipinski definition) is 6. The first-order chi connectivity index (χ1) is 8.86. The summed E-state index contributed by atoms with van der Waals surface area (Å²) in [5.74, 6) is 1.90. The second-order valence-electron chi connectivity index (χ2n) is 3.60. The van der Waals surface area contributed by atoms with Crippen molar-refractivity contribution < 1.29 is 9.26 Å². The van der Waals surface area contributed by atoms with Gasteiger partial charge in [0.05, 0.1) is 4.88 Å². The fraction of sp³-hybridized carbons (Fsp3) is 0.182. The molecule has 0 saturated heterocycles. The van der Waals surface area contributed by atoms with Crippen molar-refractivity contribution in [3.05, 3.63) is 29.3 Å². The molecule has 0 saturated carbocycles. The van der Waals surface area contributed by atoms with Gasteiger partial charge in [-0.15, -0.1) is 11.3 Å². The lowest BCUT2D eigenvalue weighted by Crippen LogP contribution is -1.82. The van der Waals surface area contributed by atoms with Gasteiger partial charge >= 0.3 is 0 Å². The summed E-state index contributed by atoms with van der Waals surface area (Å²) in [6.45, 7) is 0.384. The van der Waals surface area contributed by atoms with Crippen molar-refractivity contribution in [2.75, 3.05) is 7.11 Å². The maximum Gasteiger partial charge on any atom is 0.203 e. The smallest absolute Gasteiger partial charge is 0.203 e. The summed E-state index contributed by atoms with van der Waals surface area (Å²) < 4.78 is 10.1. The van der Waals surface area contributed by atoms with Crippen molar-refractivity contribution in [3.8, 4) is 22.2 Å². The van der Waals surface area contributed by atoms with Crippen molar-refractivity contribution in [2.45, 2.75) is 6.61 Å². The summed E-state index contributed by atoms with van der Waals surface area (Å²) in [6, 6.07) is 5.72. The molecule has 0 atom stereocenters. The van der Waals surface area contributed by atoms with E-state index in [1.165, 1.54) is 0 Å². The third-order valence-corrected chi connectivity index (χ3v) is 3.19. The highest BCUT2D eigenvalue weighted by Gasteiger charge is 2.12. The number of nitrogens with zero attached hydrogens (tertiary/aromatic N) is 3. The molecule has 3 rings (SSSR count). The number of nitrogens with one attached hydrogen (secondary N) is 1. The van der Waals surface area contributed by atoms with Gasteiger partial charge < -0.3 is 9.26 Å². The highest BCUT2D eigenvalue weighted by Crippen LogP contribution is 2.23. The van der Waals surface area contributed by atoms with Crippen LogP contribution in [0.4, 0.5) is 0 Å². The minimum absolute atomic E-state index is 0.384. The van der Waals surface area contributed by atoms with E-state index >= 15 is 0 Å². The van der Waals surface area contributed by atoms with Crippen molar-refractivity contribution in [2.24, 2.45) is 0 Å². The molecule has 92 valence electrons. The Bertz CT molecular complexity index is 629. The van der Waals surface area contributed by atoms with Crippen LogP contribution in [0.3, 0.4) is 0 Å². The van der Waals surface area contributed by atoms with Crippen LogP contribution >= 0.6 is 11.3 Å². The lowest BCUT2D eigenvalue weighted by molar-refractivity contribution is 0.156. The van der Waals surface area contributed by atoms with Crippen LogP contribution in [0.1, 0.15) is 5.76 Å². The first kappa shape index (κ1) is 11.1. The van der Waals surface area contributed by atoms with Gasteiger partial charge in [0.1, 0.15) is 6.61 Å². The molecule has 3 aromatic heterocycles. The van der Waals surface area contributed by atoms with Crippen LogP contribution in [-0.2, 0) is 11.3 Å². The molecule has 0 unspecified atom stereocenters. The standard InChI is InChI=1S/C11H10N4O2S/c1-16-6-7-5-8(15-17-7)10-12-11(14-13-10)9-3-2-4-18-9/h2-5H,6H2,1H3,(H,12,13,14). The number of methoxy groups -OCH3 is 1. The summed E-state index contributed by atoms with van der Waals surface area (Å²) in [7, 11) is 1.60. The first-order valence-corrected chi connectivity index (χ1v) is 6.16. The predicted molar refractivity (Wildman–Crippen MR) is 65.9 cm³/mol. The zero-order valence-corrected chi connectivity index (χ0v) is 10.4. The fourth-order valence-electron chi connectivity index (χ4n) is 1.53. The molecule has 0 radical (unpaired) electrons. The number of H-pyrrole nitrogens is 1. The topological polar surface area (TPSA) is 76.8 Å². The lowest BCUT2D eigenvalue weighted by Gasteiger charge is -1.87. The zero-order valence-electron chi connectivity index (χ0n) is 9.58. The second-order valence-corrected chi connectivity index (χ2v) is 4.54. The maximum atomic E-state index is 5.09. The molecule has 0 aliphatic carbocycles. The van der Waals surface area contributed by atoms with Gasteiger partial charge in [0.25, 0.3) is 0 Å². The van der Waals surface area contributed by atoms with E-state index in [1.54, 1.807) is 24.5 Å². The molecule has 7 heteroatoms. The molecule has 0 amide bonds. The van der Waals surface area contributed by atoms with Crippen LogP contribution in [0, 0.1) is 0 Å². The van der Waals surface area contributed by atoms with E-state index in [1.807, 2.05) is 17.5 Å². The highest BCUT2D eigenvalue weighted by molar-refractivity contribution is 7.13. The monoisotopic (exact) mass is 262 g/mol. The summed E-state index contributed by atoms with van der Waals surface area (Å²) in [4.78, 5) is 5.41. The minimum Gasteiger partial charge on any atom is -0.377 e. The van der Waals surface area contributed by atoms with Gasteiger partial charge in [-0.1, -0.05) is 11.2 Å². The van der Waals surface area contributed by atoms with Gasteiger partial charge in [-0.3, -0.25) is 5.10 Å². The van der Waals surface area contributed by atoms with Crippen LogP contribution in [0.15, 0.2) is 28.1 Å². The summed E-state index contributed by atoms with van der Waals surface area (Å²) in [6.07, 6.45) is 0. The number of thiophene rings is 1. The molecule has 3 aromatic rings. The van der Waals surface area contributed by atoms with Crippen LogP contribution in [0.2, 0.25) is 0 Å². The Hall–Kier alpha value is -1.99. The molecular formula is C11H10N4O2S. The van der Waals surface area contributed by atoms with Gasteiger partial charge in [0.15, 0.2) is 17.3 Å². The van der Waals surface area contributed by atoms with E-state index in [2.05, 4.69) is 20.3 Å². The molecule has 0 aliphatic rings. The normalized spacial score (nSPS) is 10.9. The van der Waals surface area contributed by atoms with Gasteiger partial charge in [-0.05, 0) is 11.4 Å². The Morgan fingerprint density at radius 1 is 1.50 bits per heavy atom. The van der Waals surface area contributed by atoms with Crippen molar-refractivity contribution in [1.82, 2.24) is 20.3 Å². The molecule has 0 aromatic carbocycles. The minimum atomic E-state index is 0.384. The second kappa shape index (κ2) is 4.71. The molecule has 0 fully saturated rings. The molecule has 0 aliphatic heterocycles. The van der Waals surface area contributed by atoms with Gasteiger partial charge in [0, 0.05) is 13.2 Å². The fourth-order valence-corrected chi connectivity index (χ4v) is 2.19. The Morgan fingerprint density at radius 2 is 2.44 bits per heavy atom. The van der Waals surface area contributed by atoms with Gasteiger partial charge in [0.2, 0.25) is 5.82 Å². The molecule has 1 N–H and O–H groups in total.